The van der Waals surface area contributed by atoms with E-state index in [2.05, 4.69) is 43.1 Å². The third-order valence-electron chi connectivity index (χ3n) is 4.84. The van der Waals surface area contributed by atoms with Crippen LogP contribution in [0.4, 0.5) is 17.5 Å². The molecule has 1 aromatic carbocycles. The normalized spacial score (nSPS) is 15.2. The van der Waals surface area contributed by atoms with Crippen molar-refractivity contribution in [3.05, 3.63) is 63.9 Å². The highest BCUT2D eigenvalue weighted by atomic mass is 127. The van der Waals surface area contributed by atoms with Crippen LogP contribution in [0.25, 0.3) is 0 Å². The maximum absolute atomic E-state index is 12.8. The summed E-state index contributed by atoms with van der Waals surface area (Å²) in [6, 6.07) is 14.5. The standard InChI is InChI=1S/C20H21IN6O2S/c1-15-8-9-22-19(14-15)23-18-6-7-20(25-24-18)26-10-12-27(13-11-26)30(28,29)17-4-2-16(21)3-5-17/h2-9,14H,10-13H2,1H3,(H,22,23,24). The molecule has 3 aromatic rings. The predicted molar refractivity (Wildman–Crippen MR) is 124 cm³/mol. The van der Waals surface area contributed by atoms with Crippen LogP contribution in [0.15, 0.2) is 59.6 Å². The van der Waals surface area contributed by atoms with Crippen LogP contribution >= 0.6 is 22.6 Å². The van der Waals surface area contributed by atoms with Crippen LogP contribution in [0.2, 0.25) is 0 Å². The van der Waals surface area contributed by atoms with E-state index in [9.17, 15) is 8.42 Å². The fraction of sp³-hybridized carbons (Fsp3) is 0.250. The van der Waals surface area contributed by atoms with Gasteiger partial charge in [0.1, 0.15) is 5.82 Å². The second-order valence-electron chi connectivity index (χ2n) is 6.97. The maximum atomic E-state index is 12.8. The third-order valence-corrected chi connectivity index (χ3v) is 7.47. The van der Waals surface area contributed by atoms with E-state index >= 15 is 0 Å². The number of benzene rings is 1. The molecule has 1 fully saturated rings. The SMILES string of the molecule is Cc1ccnc(Nc2ccc(N3CCN(S(=O)(=O)c4ccc(I)cc4)CC3)nn2)c1. The molecule has 156 valence electrons. The van der Waals surface area contributed by atoms with Gasteiger partial charge in [-0.25, -0.2) is 13.4 Å². The molecular formula is C20H21IN6O2S. The summed E-state index contributed by atoms with van der Waals surface area (Å²) in [5.74, 6) is 2.05. The first kappa shape index (κ1) is 20.9. The average molecular weight is 536 g/mol. The highest BCUT2D eigenvalue weighted by Gasteiger charge is 2.29. The zero-order valence-electron chi connectivity index (χ0n) is 16.4. The summed E-state index contributed by atoms with van der Waals surface area (Å²) >= 11 is 2.16. The summed E-state index contributed by atoms with van der Waals surface area (Å²) in [6.45, 7) is 3.93. The van der Waals surface area contributed by atoms with Gasteiger partial charge in [0, 0.05) is 35.9 Å². The van der Waals surface area contributed by atoms with Crippen molar-refractivity contribution in [3.63, 3.8) is 0 Å². The van der Waals surface area contributed by atoms with Crippen molar-refractivity contribution in [1.82, 2.24) is 19.5 Å². The van der Waals surface area contributed by atoms with Crippen molar-refractivity contribution >= 4 is 50.1 Å². The first-order valence-electron chi connectivity index (χ1n) is 9.46. The Balaban J connectivity index is 1.38. The monoisotopic (exact) mass is 536 g/mol. The van der Waals surface area contributed by atoms with Crippen molar-refractivity contribution < 1.29 is 8.42 Å². The van der Waals surface area contributed by atoms with Crippen LogP contribution in [-0.4, -0.2) is 54.1 Å². The van der Waals surface area contributed by atoms with Crippen LogP contribution in [-0.2, 0) is 10.0 Å². The molecule has 1 aliphatic heterocycles. The highest BCUT2D eigenvalue weighted by Crippen LogP contribution is 2.21. The highest BCUT2D eigenvalue weighted by molar-refractivity contribution is 14.1. The lowest BCUT2D eigenvalue weighted by Gasteiger charge is -2.34. The molecular weight excluding hydrogens is 515 g/mol. The minimum atomic E-state index is -3.48. The van der Waals surface area contributed by atoms with Crippen LogP contribution in [0, 0.1) is 10.5 Å². The largest absolute Gasteiger partial charge is 0.352 e. The van der Waals surface area contributed by atoms with Crippen molar-refractivity contribution in [2.75, 3.05) is 36.4 Å². The number of rotatable bonds is 5. The van der Waals surface area contributed by atoms with E-state index in [-0.39, 0.29) is 0 Å². The predicted octanol–water partition coefficient (Wildman–Crippen LogP) is 3.04. The maximum Gasteiger partial charge on any atom is 0.243 e. The Bertz CT molecular complexity index is 1110. The van der Waals surface area contributed by atoms with Gasteiger partial charge in [0.2, 0.25) is 10.0 Å². The van der Waals surface area contributed by atoms with Crippen molar-refractivity contribution in [3.8, 4) is 0 Å². The second-order valence-corrected chi connectivity index (χ2v) is 10.1. The third kappa shape index (κ3) is 4.71. The molecule has 0 amide bonds. The smallest absolute Gasteiger partial charge is 0.243 e. The Morgan fingerprint density at radius 2 is 1.67 bits per heavy atom. The molecule has 0 saturated carbocycles. The fourth-order valence-electron chi connectivity index (χ4n) is 3.21. The molecule has 0 aliphatic carbocycles. The lowest BCUT2D eigenvalue weighted by Crippen LogP contribution is -2.49. The zero-order chi connectivity index (χ0) is 21.1. The number of pyridine rings is 1. The van der Waals surface area contributed by atoms with E-state index in [1.807, 2.05) is 36.1 Å². The Morgan fingerprint density at radius 1 is 0.933 bits per heavy atom. The van der Waals surface area contributed by atoms with E-state index in [1.165, 1.54) is 4.31 Å². The Hall–Kier alpha value is -2.31. The molecule has 0 bridgehead atoms. The van der Waals surface area contributed by atoms with Gasteiger partial charge < -0.3 is 10.2 Å². The molecule has 1 saturated heterocycles. The molecule has 30 heavy (non-hydrogen) atoms. The number of halogens is 1. The van der Waals surface area contributed by atoms with Gasteiger partial charge in [-0.3, -0.25) is 0 Å². The Morgan fingerprint density at radius 3 is 2.30 bits per heavy atom. The number of aromatic nitrogens is 3. The van der Waals surface area contributed by atoms with Gasteiger partial charge in [-0.05, 0) is 83.6 Å². The minimum Gasteiger partial charge on any atom is -0.352 e. The van der Waals surface area contributed by atoms with Crippen molar-refractivity contribution in [1.29, 1.82) is 0 Å². The first-order chi connectivity index (χ1) is 14.4. The number of hydrogen-bond donors (Lipinski definition) is 1. The summed E-state index contributed by atoms with van der Waals surface area (Å²) in [4.78, 5) is 6.63. The Kier molecular flexibility index (Phi) is 6.16. The number of piperazine rings is 1. The number of sulfonamides is 1. The van der Waals surface area contributed by atoms with Gasteiger partial charge in [-0.2, -0.15) is 4.31 Å². The van der Waals surface area contributed by atoms with E-state index in [0.29, 0.717) is 42.7 Å². The van der Waals surface area contributed by atoms with E-state index in [4.69, 9.17) is 0 Å². The summed E-state index contributed by atoms with van der Waals surface area (Å²) in [5.41, 5.74) is 1.11. The van der Waals surface area contributed by atoms with E-state index < -0.39 is 10.0 Å². The molecule has 4 rings (SSSR count). The number of nitrogens with one attached hydrogen (secondary N) is 1. The molecule has 0 atom stereocenters. The van der Waals surface area contributed by atoms with Crippen LogP contribution in [0.1, 0.15) is 5.56 Å². The molecule has 0 spiro atoms. The van der Waals surface area contributed by atoms with Crippen LogP contribution in [0.3, 0.4) is 0 Å². The van der Waals surface area contributed by atoms with E-state index in [0.717, 1.165) is 15.0 Å². The molecule has 1 aliphatic rings. The second kappa shape index (κ2) is 8.82. The van der Waals surface area contributed by atoms with Crippen LogP contribution in [0.5, 0.6) is 0 Å². The number of anilines is 3. The van der Waals surface area contributed by atoms with Gasteiger partial charge >= 0.3 is 0 Å². The topological polar surface area (TPSA) is 91.3 Å². The number of hydrogen-bond acceptors (Lipinski definition) is 7. The molecule has 2 aromatic heterocycles. The van der Waals surface area contributed by atoms with Crippen LogP contribution < -0.4 is 10.2 Å². The number of aryl methyl sites for hydroxylation is 1. The van der Waals surface area contributed by atoms with Crippen molar-refractivity contribution in [2.45, 2.75) is 11.8 Å². The molecule has 1 N–H and O–H groups in total. The number of nitrogens with zero attached hydrogens (tertiary/aromatic N) is 5. The van der Waals surface area contributed by atoms with E-state index in [1.54, 1.807) is 30.5 Å². The van der Waals surface area contributed by atoms with Gasteiger partial charge in [-0.1, -0.05) is 0 Å². The summed E-state index contributed by atoms with van der Waals surface area (Å²) < 4.78 is 28.2. The quantitative estimate of drug-likeness (QED) is 0.502. The van der Waals surface area contributed by atoms with Gasteiger partial charge in [0.25, 0.3) is 0 Å². The lowest BCUT2D eigenvalue weighted by atomic mass is 10.3. The van der Waals surface area contributed by atoms with Gasteiger partial charge in [0.15, 0.2) is 11.6 Å². The summed E-state index contributed by atoms with van der Waals surface area (Å²) in [5, 5.41) is 11.7. The molecule has 0 unspecified atom stereocenters. The summed E-state index contributed by atoms with van der Waals surface area (Å²) in [7, 11) is -3.48. The molecule has 0 radical (unpaired) electrons. The molecule has 10 heteroatoms. The summed E-state index contributed by atoms with van der Waals surface area (Å²) in [6.07, 6.45) is 1.74. The average Bonchev–Trinajstić information content (AvgIpc) is 2.75. The molecule has 8 nitrogen and oxygen atoms in total. The zero-order valence-corrected chi connectivity index (χ0v) is 19.3. The van der Waals surface area contributed by atoms with Gasteiger partial charge in [-0.15, -0.1) is 10.2 Å². The molecule has 3 heterocycles. The minimum absolute atomic E-state index is 0.330. The van der Waals surface area contributed by atoms with Crippen molar-refractivity contribution in [2.24, 2.45) is 0 Å². The first-order valence-corrected chi connectivity index (χ1v) is 12.0. The van der Waals surface area contributed by atoms with Gasteiger partial charge in [0.05, 0.1) is 4.90 Å². The fourth-order valence-corrected chi connectivity index (χ4v) is 4.99. The Labute approximate surface area is 189 Å². The lowest BCUT2D eigenvalue weighted by molar-refractivity contribution is 0.383.